The van der Waals surface area contributed by atoms with Gasteiger partial charge in [-0.15, -0.1) is 0 Å². The maximum Gasteiger partial charge on any atom is 0.161 e. The number of aliphatic imine (C=N–C) groups is 1. The molecule has 4 nitrogen and oxygen atoms in total. The molecule has 0 unspecified atom stereocenters. The third-order valence-corrected chi connectivity index (χ3v) is 1.90. The number of anilines is 1. The lowest BCUT2D eigenvalue weighted by Gasteiger charge is -2.17. The van der Waals surface area contributed by atoms with Crippen molar-refractivity contribution in [2.45, 2.75) is 26.2 Å². The molecule has 0 radical (unpaired) electrons. The summed E-state index contributed by atoms with van der Waals surface area (Å²) in [5, 5.41) is 2.99. The molecule has 4 heteroatoms. The summed E-state index contributed by atoms with van der Waals surface area (Å²) in [6.07, 6.45) is 3.36. The highest BCUT2D eigenvalue weighted by molar-refractivity contribution is 5.74. The topological polar surface area (TPSA) is 50.2 Å². The number of rotatable bonds is 0. The van der Waals surface area contributed by atoms with Gasteiger partial charge in [0.2, 0.25) is 0 Å². The van der Waals surface area contributed by atoms with E-state index >= 15 is 0 Å². The molecule has 0 bridgehead atoms. The fourth-order valence-corrected chi connectivity index (χ4v) is 1.13. The number of nitrogens with one attached hydrogen (secondary N) is 1. The molecule has 1 aromatic rings. The molecule has 0 atom stereocenters. The molecule has 72 valence electrons. The summed E-state index contributed by atoms with van der Waals surface area (Å²) < 4.78 is 0. The van der Waals surface area contributed by atoms with E-state index in [9.17, 15) is 0 Å². The van der Waals surface area contributed by atoms with Gasteiger partial charge in [-0.25, -0.2) is 9.97 Å². The van der Waals surface area contributed by atoms with Crippen LogP contribution in [0.5, 0.6) is 0 Å². The van der Waals surface area contributed by atoms with Gasteiger partial charge in [-0.2, -0.15) is 4.99 Å². The van der Waals surface area contributed by atoms with E-state index in [4.69, 9.17) is 0 Å². The number of nitrogens with zero attached hydrogens (tertiary/aromatic N) is 3. The van der Waals surface area contributed by atoms with Crippen LogP contribution >= 0.6 is 0 Å². The van der Waals surface area contributed by atoms with Crippen molar-refractivity contribution in [3.8, 4) is 0 Å². The molecule has 0 saturated carbocycles. The van der Waals surface area contributed by atoms with Gasteiger partial charge in [0, 0.05) is 11.3 Å². The van der Waals surface area contributed by atoms with E-state index in [0.717, 1.165) is 17.3 Å². The normalized spacial score (nSPS) is 13.6. The maximum absolute atomic E-state index is 4.40. The zero-order chi connectivity index (χ0) is 10.2. The molecule has 0 spiro atoms. The Labute approximate surface area is 82.8 Å². The van der Waals surface area contributed by atoms with Crippen LogP contribution in [-0.2, 0) is 5.41 Å². The van der Waals surface area contributed by atoms with Crippen LogP contribution in [-0.4, -0.2) is 15.8 Å². The Morgan fingerprint density at radius 1 is 1.36 bits per heavy atom. The van der Waals surface area contributed by atoms with Crippen LogP contribution in [0.3, 0.4) is 0 Å². The molecule has 0 aliphatic carbocycles. The first-order valence-electron chi connectivity index (χ1n) is 4.49. The fraction of sp³-hybridized carbons (Fsp3) is 0.400. The van der Waals surface area contributed by atoms with Crippen molar-refractivity contribution in [3.63, 3.8) is 0 Å². The minimum Gasteiger partial charge on any atom is -0.337 e. The average molecular weight is 188 g/mol. The van der Waals surface area contributed by atoms with Crippen LogP contribution < -0.4 is 5.32 Å². The molecule has 14 heavy (non-hydrogen) atoms. The minimum absolute atomic E-state index is 0.0401. The summed E-state index contributed by atoms with van der Waals surface area (Å²) in [7, 11) is 0. The second-order valence-electron chi connectivity index (χ2n) is 4.21. The van der Waals surface area contributed by atoms with Gasteiger partial charge in [-0.05, 0) is 0 Å². The highest BCUT2D eigenvalue weighted by atomic mass is 15.1. The molecule has 0 fully saturated rings. The smallest absolute Gasteiger partial charge is 0.161 e. The summed E-state index contributed by atoms with van der Waals surface area (Å²) in [5.41, 5.74) is 0.696. The summed E-state index contributed by atoms with van der Waals surface area (Å²) in [6.45, 7) is 6.24. The lowest BCUT2D eigenvalue weighted by molar-refractivity contribution is 0.546. The zero-order valence-electron chi connectivity index (χ0n) is 8.50. The predicted molar refractivity (Wildman–Crippen MR) is 56.0 cm³/mol. The Hall–Kier alpha value is -1.67. The summed E-state index contributed by atoms with van der Waals surface area (Å²) in [4.78, 5) is 12.7. The van der Waals surface area contributed by atoms with Gasteiger partial charge in [0.05, 0.1) is 12.4 Å². The van der Waals surface area contributed by atoms with Gasteiger partial charge in [-0.3, -0.25) is 0 Å². The van der Waals surface area contributed by atoms with E-state index in [1.165, 1.54) is 0 Å². The zero-order valence-corrected chi connectivity index (χ0v) is 8.50. The third kappa shape index (κ3) is 1.52. The summed E-state index contributed by atoms with van der Waals surface area (Å²) in [5.74, 6) is 4.28. The third-order valence-electron chi connectivity index (χ3n) is 1.90. The average Bonchev–Trinajstić information content (AvgIpc) is 2.16. The van der Waals surface area contributed by atoms with Crippen LogP contribution in [0, 0.1) is 0 Å². The predicted octanol–water partition coefficient (Wildman–Crippen LogP) is 2.01. The van der Waals surface area contributed by atoms with E-state index in [1.54, 1.807) is 12.4 Å². The van der Waals surface area contributed by atoms with Crippen molar-refractivity contribution in [2.24, 2.45) is 4.99 Å². The number of hydrogen-bond donors (Lipinski definition) is 1. The van der Waals surface area contributed by atoms with Crippen LogP contribution in [0.15, 0.2) is 17.4 Å². The largest absolute Gasteiger partial charge is 0.337 e. The van der Waals surface area contributed by atoms with E-state index in [1.807, 2.05) is 0 Å². The summed E-state index contributed by atoms with van der Waals surface area (Å²) in [6, 6.07) is 0. The molecule has 1 aliphatic rings. The van der Waals surface area contributed by atoms with E-state index in [2.05, 4.69) is 46.9 Å². The van der Waals surface area contributed by atoms with Crippen LogP contribution in [0.1, 0.15) is 26.6 Å². The second kappa shape index (κ2) is 2.93. The standard InChI is InChI=1S/C10H12N4/c1-10(2,3)9-13-6-7-8(14-9)12-5-4-11-7/h5-6H,1-3H3,(H,12,13,14). The lowest BCUT2D eigenvalue weighted by atomic mass is 9.96. The van der Waals surface area contributed by atoms with Gasteiger partial charge in [0.25, 0.3) is 0 Å². The van der Waals surface area contributed by atoms with Gasteiger partial charge in [0.15, 0.2) is 5.82 Å². The molecule has 1 aliphatic heterocycles. The molecule has 1 aromatic heterocycles. The van der Waals surface area contributed by atoms with Crippen LogP contribution in [0.4, 0.5) is 11.5 Å². The van der Waals surface area contributed by atoms with Crippen molar-refractivity contribution in [3.05, 3.63) is 18.2 Å². The Bertz CT molecular complexity index is 422. The Balaban J connectivity index is 2.48. The first kappa shape index (κ1) is 8.91. The maximum atomic E-state index is 4.40. The minimum atomic E-state index is -0.0401. The molecular formula is C10H12N4. The van der Waals surface area contributed by atoms with Crippen LogP contribution in [0.2, 0.25) is 0 Å². The molecular weight excluding hydrogens is 176 g/mol. The first-order chi connectivity index (χ1) is 6.57. The van der Waals surface area contributed by atoms with Crippen molar-refractivity contribution in [1.29, 1.82) is 0 Å². The Morgan fingerprint density at radius 2 is 2.14 bits per heavy atom. The first-order valence-corrected chi connectivity index (χ1v) is 4.49. The fourth-order valence-electron chi connectivity index (χ4n) is 1.13. The molecule has 0 amide bonds. The molecule has 0 saturated heterocycles. The molecule has 2 heterocycles. The van der Waals surface area contributed by atoms with E-state index in [0.29, 0.717) is 0 Å². The van der Waals surface area contributed by atoms with E-state index in [-0.39, 0.29) is 5.41 Å². The SMILES string of the molecule is CC(C)(C)c1ncc2c(n1)NC=C=N2. The van der Waals surface area contributed by atoms with Crippen molar-refractivity contribution in [1.82, 2.24) is 9.97 Å². The number of fused-ring (bicyclic) bond motifs is 1. The van der Waals surface area contributed by atoms with Gasteiger partial charge in [-0.1, -0.05) is 20.8 Å². The highest BCUT2D eigenvalue weighted by Crippen LogP contribution is 2.26. The number of aromatic nitrogens is 2. The molecule has 0 aromatic carbocycles. The van der Waals surface area contributed by atoms with Gasteiger partial charge in [0.1, 0.15) is 11.5 Å². The van der Waals surface area contributed by atoms with Crippen molar-refractivity contribution < 1.29 is 0 Å². The second-order valence-corrected chi connectivity index (χ2v) is 4.21. The molecule has 1 N–H and O–H groups in total. The van der Waals surface area contributed by atoms with Crippen molar-refractivity contribution in [2.75, 3.05) is 5.32 Å². The number of hydrogen-bond acceptors (Lipinski definition) is 4. The monoisotopic (exact) mass is 188 g/mol. The van der Waals surface area contributed by atoms with Crippen molar-refractivity contribution >= 4 is 17.4 Å². The Morgan fingerprint density at radius 3 is 2.86 bits per heavy atom. The van der Waals surface area contributed by atoms with Crippen LogP contribution in [0.25, 0.3) is 0 Å². The Kier molecular flexibility index (Phi) is 1.86. The quantitative estimate of drug-likeness (QED) is 0.677. The summed E-state index contributed by atoms with van der Waals surface area (Å²) >= 11 is 0. The van der Waals surface area contributed by atoms with Gasteiger partial charge >= 0.3 is 0 Å². The van der Waals surface area contributed by atoms with E-state index < -0.39 is 0 Å². The molecule has 2 rings (SSSR count). The highest BCUT2D eigenvalue weighted by Gasteiger charge is 2.19. The lowest BCUT2D eigenvalue weighted by Crippen LogP contribution is -2.16. The van der Waals surface area contributed by atoms with Gasteiger partial charge < -0.3 is 5.32 Å².